The average molecular weight is 484 g/mol. The van der Waals surface area contributed by atoms with E-state index in [0.29, 0.717) is 41.9 Å². The molecule has 1 aromatic heterocycles. The normalized spacial score (nSPS) is 12.0. The summed E-state index contributed by atoms with van der Waals surface area (Å²) in [6, 6.07) is 20.5. The quantitative estimate of drug-likeness (QED) is 0.330. The lowest BCUT2D eigenvalue weighted by molar-refractivity contribution is 0.0579. The van der Waals surface area contributed by atoms with Gasteiger partial charge >= 0.3 is 0 Å². The van der Waals surface area contributed by atoms with Crippen molar-refractivity contribution in [1.29, 1.82) is 0 Å². The predicted molar refractivity (Wildman–Crippen MR) is 144 cm³/mol. The zero-order chi connectivity index (χ0) is 25.8. The molecular weight excluding hydrogens is 450 g/mol. The van der Waals surface area contributed by atoms with Crippen LogP contribution < -0.4 is 5.56 Å². The summed E-state index contributed by atoms with van der Waals surface area (Å²) in [5, 5.41) is 0.544. The highest BCUT2D eigenvalue weighted by molar-refractivity contribution is 5.96. The van der Waals surface area contributed by atoms with Crippen molar-refractivity contribution in [3.8, 4) is 5.69 Å². The monoisotopic (exact) mass is 483 g/mol. The number of benzene rings is 3. The van der Waals surface area contributed by atoms with E-state index in [9.17, 15) is 9.59 Å². The summed E-state index contributed by atoms with van der Waals surface area (Å²) >= 11 is 0. The first kappa shape index (κ1) is 25.3. The average Bonchev–Trinajstić information content (AvgIpc) is 2.88. The molecule has 0 N–H and O–H groups in total. The molecule has 0 radical (unpaired) electrons. The summed E-state index contributed by atoms with van der Waals surface area (Å²) in [5.74, 6) is 0.438. The number of methoxy groups -OCH3 is 1. The maximum absolute atomic E-state index is 13.9. The Morgan fingerprint density at radius 1 is 0.972 bits per heavy atom. The first-order valence-electron chi connectivity index (χ1n) is 12.3. The Bertz CT molecular complexity index is 1460. The minimum Gasteiger partial charge on any atom is -0.383 e. The third-order valence-corrected chi connectivity index (χ3v) is 6.78. The lowest BCUT2D eigenvalue weighted by atomic mass is 10.0. The van der Waals surface area contributed by atoms with E-state index < -0.39 is 6.04 Å². The molecule has 0 fully saturated rings. The van der Waals surface area contributed by atoms with Crippen molar-refractivity contribution in [2.75, 3.05) is 20.3 Å². The first-order valence-corrected chi connectivity index (χ1v) is 12.3. The second kappa shape index (κ2) is 10.9. The number of carbonyl (C=O) groups excluding carboxylic acids is 1. The van der Waals surface area contributed by atoms with E-state index in [1.807, 2.05) is 88.4 Å². The van der Waals surface area contributed by atoms with Gasteiger partial charge in [0.05, 0.1) is 29.2 Å². The largest absolute Gasteiger partial charge is 0.383 e. The fraction of sp³-hybridized carbons (Fsp3) is 0.300. The highest BCUT2D eigenvalue weighted by atomic mass is 16.5. The molecule has 4 aromatic rings. The van der Waals surface area contributed by atoms with Crippen molar-refractivity contribution in [1.82, 2.24) is 14.5 Å². The van der Waals surface area contributed by atoms with Crippen molar-refractivity contribution < 1.29 is 9.53 Å². The second-order valence-corrected chi connectivity index (χ2v) is 9.13. The number of nitrogens with zero attached hydrogens (tertiary/aromatic N) is 3. The number of rotatable bonds is 8. The Balaban J connectivity index is 1.97. The van der Waals surface area contributed by atoms with Crippen LogP contribution in [0.25, 0.3) is 16.6 Å². The van der Waals surface area contributed by atoms with Gasteiger partial charge in [0.1, 0.15) is 5.82 Å². The first-order chi connectivity index (χ1) is 17.4. The van der Waals surface area contributed by atoms with Crippen LogP contribution in [0, 0.1) is 20.8 Å². The van der Waals surface area contributed by atoms with Crippen LogP contribution in [-0.2, 0) is 4.74 Å². The minimum absolute atomic E-state index is 0.106. The zero-order valence-electron chi connectivity index (χ0n) is 21.6. The number of aromatic nitrogens is 2. The molecule has 3 aromatic carbocycles. The Hall–Kier alpha value is -3.77. The van der Waals surface area contributed by atoms with Crippen LogP contribution in [0.4, 0.5) is 0 Å². The number of amides is 1. The van der Waals surface area contributed by atoms with Crippen molar-refractivity contribution in [2.45, 2.75) is 40.2 Å². The van der Waals surface area contributed by atoms with Gasteiger partial charge in [-0.15, -0.1) is 0 Å². The zero-order valence-corrected chi connectivity index (χ0v) is 21.6. The Kier molecular flexibility index (Phi) is 7.65. The Morgan fingerprint density at radius 2 is 1.69 bits per heavy atom. The van der Waals surface area contributed by atoms with Crippen LogP contribution >= 0.6 is 0 Å². The molecule has 36 heavy (non-hydrogen) atoms. The number of hydrogen-bond acceptors (Lipinski definition) is 4. The van der Waals surface area contributed by atoms with Crippen LogP contribution in [0.2, 0.25) is 0 Å². The molecule has 0 spiro atoms. The third kappa shape index (κ3) is 4.82. The number of carbonyl (C=O) groups is 1. The van der Waals surface area contributed by atoms with Gasteiger partial charge < -0.3 is 9.64 Å². The van der Waals surface area contributed by atoms with Crippen molar-refractivity contribution in [3.63, 3.8) is 0 Å². The summed E-state index contributed by atoms with van der Waals surface area (Å²) in [6.45, 7) is 8.77. The van der Waals surface area contributed by atoms with Gasteiger partial charge in [-0.05, 0) is 74.2 Å². The van der Waals surface area contributed by atoms with E-state index in [4.69, 9.17) is 9.72 Å². The standard InChI is InChI=1S/C30H33N3O3/c1-6-27(32(17-18-36-5)29(34)24-12-8-7-11-21(24)3)28-31-26-14-10-9-13-25(26)30(35)33(28)23-16-15-20(2)22(4)19-23/h7-16,19,27H,6,17-18H2,1-5H3. The SMILES string of the molecule is CCC(c1nc2ccccc2c(=O)n1-c1ccc(C)c(C)c1)N(CCOC)C(=O)c1ccccc1C. The van der Waals surface area contributed by atoms with Gasteiger partial charge in [-0.2, -0.15) is 0 Å². The molecule has 6 nitrogen and oxygen atoms in total. The summed E-state index contributed by atoms with van der Waals surface area (Å²) in [5.41, 5.74) is 4.97. The molecule has 0 bridgehead atoms. The third-order valence-electron chi connectivity index (χ3n) is 6.78. The topological polar surface area (TPSA) is 64.4 Å². The van der Waals surface area contributed by atoms with Crippen LogP contribution in [0.3, 0.4) is 0 Å². The van der Waals surface area contributed by atoms with Crippen LogP contribution in [-0.4, -0.2) is 40.6 Å². The van der Waals surface area contributed by atoms with Gasteiger partial charge in [0.15, 0.2) is 0 Å². The van der Waals surface area contributed by atoms with Crippen molar-refractivity contribution >= 4 is 16.8 Å². The Morgan fingerprint density at radius 3 is 2.39 bits per heavy atom. The summed E-state index contributed by atoms with van der Waals surface area (Å²) < 4.78 is 7.05. The van der Waals surface area contributed by atoms with Gasteiger partial charge in [0.25, 0.3) is 11.5 Å². The molecule has 4 rings (SSSR count). The molecular formula is C30H33N3O3. The lowest BCUT2D eigenvalue weighted by Crippen LogP contribution is -2.40. The molecule has 1 heterocycles. The molecule has 0 saturated heterocycles. The molecule has 0 aliphatic carbocycles. The van der Waals surface area contributed by atoms with E-state index in [1.165, 1.54) is 0 Å². The maximum atomic E-state index is 13.9. The van der Waals surface area contributed by atoms with Crippen LogP contribution in [0.5, 0.6) is 0 Å². The van der Waals surface area contributed by atoms with E-state index in [1.54, 1.807) is 22.6 Å². The van der Waals surface area contributed by atoms with E-state index in [0.717, 1.165) is 22.4 Å². The number of para-hydroxylation sites is 1. The van der Waals surface area contributed by atoms with Gasteiger partial charge in [-0.1, -0.05) is 43.3 Å². The molecule has 0 aliphatic heterocycles. The number of fused-ring (bicyclic) bond motifs is 1. The van der Waals surface area contributed by atoms with Crippen LogP contribution in [0.15, 0.2) is 71.5 Å². The summed E-state index contributed by atoms with van der Waals surface area (Å²) in [7, 11) is 1.62. The van der Waals surface area contributed by atoms with E-state index in [-0.39, 0.29) is 11.5 Å². The predicted octanol–water partition coefficient (Wildman–Crippen LogP) is 5.55. The maximum Gasteiger partial charge on any atom is 0.266 e. The Labute approximate surface area is 212 Å². The summed E-state index contributed by atoms with van der Waals surface area (Å²) in [4.78, 5) is 34.6. The van der Waals surface area contributed by atoms with E-state index in [2.05, 4.69) is 0 Å². The van der Waals surface area contributed by atoms with E-state index >= 15 is 0 Å². The fourth-order valence-electron chi connectivity index (χ4n) is 4.59. The summed E-state index contributed by atoms with van der Waals surface area (Å²) in [6.07, 6.45) is 0.580. The lowest BCUT2D eigenvalue weighted by Gasteiger charge is -2.32. The molecule has 1 amide bonds. The minimum atomic E-state index is -0.439. The fourth-order valence-corrected chi connectivity index (χ4v) is 4.59. The molecule has 186 valence electrons. The van der Waals surface area contributed by atoms with Crippen LogP contribution in [0.1, 0.15) is 52.3 Å². The number of aryl methyl sites for hydroxylation is 3. The second-order valence-electron chi connectivity index (χ2n) is 9.13. The molecule has 0 aliphatic rings. The van der Waals surface area contributed by atoms with Gasteiger partial charge in [0.2, 0.25) is 0 Å². The number of ether oxygens (including phenoxy) is 1. The number of hydrogen-bond donors (Lipinski definition) is 0. The molecule has 1 atom stereocenters. The molecule has 1 unspecified atom stereocenters. The van der Waals surface area contributed by atoms with Gasteiger partial charge in [-0.25, -0.2) is 4.98 Å². The molecule has 6 heteroatoms. The van der Waals surface area contributed by atoms with Crippen molar-refractivity contribution in [2.24, 2.45) is 0 Å². The highest BCUT2D eigenvalue weighted by Crippen LogP contribution is 2.28. The van der Waals surface area contributed by atoms with Gasteiger partial charge in [0, 0.05) is 19.2 Å². The smallest absolute Gasteiger partial charge is 0.266 e. The molecule has 0 saturated carbocycles. The highest BCUT2D eigenvalue weighted by Gasteiger charge is 2.30. The van der Waals surface area contributed by atoms with Gasteiger partial charge in [-0.3, -0.25) is 14.2 Å². The van der Waals surface area contributed by atoms with Crippen molar-refractivity contribution in [3.05, 3.63) is 105 Å².